The number of hydrogen-bond donors (Lipinski definition) is 1. The SMILES string of the molecule is Cl.[2H]c1c([2H])c([2H])c(C(=O)[C@H](C)N)c([2H])c1[2H]. The van der Waals surface area contributed by atoms with Gasteiger partial charge in [-0.3, -0.25) is 4.79 Å². The number of hydrogen-bond acceptors (Lipinski definition) is 2. The summed E-state index contributed by atoms with van der Waals surface area (Å²) in [6, 6.07) is -3.48. The summed E-state index contributed by atoms with van der Waals surface area (Å²) in [5.41, 5.74) is 5.01. The molecule has 1 aromatic carbocycles. The summed E-state index contributed by atoms with van der Waals surface area (Å²) in [6.45, 7) is 1.41. The fourth-order valence-electron chi connectivity index (χ4n) is 0.601. The molecule has 0 radical (unpaired) electrons. The molecule has 12 heavy (non-hydrogen) atoms. The van der Waals surface area contributed by atoms with Gasteiger partial charge in [0.1, 0.15) is 0 Å². The minimum absolute atomic E-state index is 0. The molecule has 0 aliphatic heterocycles. The van der Waals surface area contributed by atoms with Crippen LogP contribution in [0.25, 0.3) is 0 Å². The summed E-state index contributed by atoms with van der Waals surface area (Å²) < 4.78 is 37.1. The van der Waals surface area contributed by atoms with E-state index in [0.717, 1.165) is 0 Å². The smallest absolute Gasteiger partial charge is 0.179 e. The monoisotopic (exact) mass is 190 g/mol. The van der Waals surface area contributed by atoms with Crippen LogP contribution < -0.4 is 5.73 Å². The van der Waals surface area contributed by atoms with Crippen LogP contribution >= 0.6 is 12.4 Å². The fourth-order valence-corrected chi connectivity index (χ4v) is 0.601. The van der Waals surface area contributed by atoms with E-state index in [1.54, 1.807) is 0 Å². The first-order chi connectivity index (χ1) is 7.29. The molecule has 0 amide bonds. The molecule has 0 fully saturated rings. The Kier molecular flexibility index (Phi) is 2.04. The Morgan fingerprint density at radius 3 is 2.42 bits per heavy atom. The van der Waals surface area contributed by atoms with Gasteiger partial charge in [0.05, 0.1) is 12.9 Å². The molecule has 0 heterocycles. The fraction of sp³-hybridized carbons (Fsp3) is 0.222. The summed E-state index contributed by atoms with van der Waals surface area (Å²) >= 11 is 0. The molecule has 1 aromatic rings. The number of carbonyl (C=O) groups excluding carboxylic acids is 1. The number of Topliss-reactive ketones (excluding diaryl/α,β-unsaturated/α-hetero) is 1. The van der Waals surface area contributed by atoms with Crippen molar-refractivity contribution in [2.24, 2.45) is 5.73 Å². The summed E-state index contributed by atoms with van der Waals surface area (Å²) in [4.78, 5) is 11.6. The highest BCUT2D eigenvalue weighted by molar-refractivity contribution is 5.99. The van der Waals surface area contributed by atoms with Gasteiger partial charge >= 0.3 is 0 Å². The van der Waals surface area contributed by atoms with E-state index in [0.29, 0.717) is 0 Å². The Bertz CT molecular complexity index is 434. The molecule has 0 saturated heterocycles. The lowest BCUT2D eigenvalue weighted by Crippen LogP contribution is -2.26. The molecule has 0 aliphatic carbocycles. The zero-order chi connectivity index (χ0) is 12.6. The number of carbonyl (C=O) groups is 1. The molecular weight excluding hydrogens is 174 g/mol. The maximum Gasteiger partial charge on any atom is 0.179 e. The van der Waals surface area contributed by atoms with E-state index in [1.165, 1.54) is 6.92 Å². The molecule has 0 aliphatic rings. The minimum Gasteiger partial charge on any atom is -0.321 e. The topological polar surface area (TPSA) is 43.1 Å². The van der Waals surface area contributed by atoms with Crippen LogP contribution in [0.4, 0.5) is 0 Å². The van der Waals surface area contributed by atoms with E-state index < -0.39 is 42.0 Å². The first kappa shape index (κ1) is 5.00. The summed E-state index contributed by atoms with van der Waals surface area (Å²) in [5, 5.41) is 0. The lowest BCUT2D eigenvalue weighted by Gasteiger charge is -2.02. The van der Waals surface area contributed by atoms with E-state index in [2.05, 4.69) is 0 Å². The van der Waals surface area contributed by atoms with Crippen LogP contribution in [0.3, 0.4) is 0 Å². The molecule has 2 nitrogen and oxygen atoms in total. The molecule has 1 rings (SSSR count). The molecule has 0 unspecified atom stereocenters. The molecule has 66 valence electrons. The Labute approximate surface area is 85.2 Å². The second kappa shape index (κ2) is 4.91. The lowest BCUT2D eigenvalue weighted by atomic mass is 10.1. The lowest BCUT2D eigenvalue weighted by molar-refractivity contribution is 0.0968. The number of halogens is 1. The predicted octanol–water partition coefficient (Wildman–Crippen LogP) is 1.64. The largest absolute Gasteiger partial charge is 0.321 e. The average Bonchev–Trinajstić information content (AvgIpc) is 2.23. The van der Waals surface area contributed by atoms with Crippen molar-refractivity contribution in [3.05, 3.63) is 35.8 Å². The van der Waals surface area contributed by atoms with Crippen molar-refractivity contribution in [3.63, 3.8) is 0 Å². The molecule has 0 saturated carbocycles. The third-order valence-electron chi connectivity index (χ3n) is 1.16. The van der Waals surface area contributed by atoms with Gasteiger partial charge in [0.15, 0.2) is 5.78 Å². The van der Waals surface area contributed by atoms with Crippen molar-refractivity contribution >= 4 is 18.2 Å². The zero-order valence-electron chi connectivity index (χ0n) is 11.5. The second-order valence-corrected chi connectivity index (χ2v) is 2.15. The Balaban J connectivity index is 0.00000256. The number of nitrogens with two attached hydrogens (primary N) is 1. The van der Waals surface area contributed by atoms with Crippen molar-refractivity contribution in [1.29, 1.82) is 0 Å². The standard InChI is InChI=1S/C9H11NO.ClH/c1-7(10)9(11)8-5-3-2-4-6-8;/h2-7H,10H2,1H3;1H/t7-;/m0./s1/i2D,3D,4D,5D,6D;. The molecule has 1 atom stereocenters. The maximum absolute atomic E-state index is 11.6. The minimum atomic E-state index is -0.899. The van der Waals surface area contributed by atoms with Crippen molar-refractivity contribution in [1.82, 2.24) is 0 Å². The number of rotatable bonds is 2. The molecule has 0 aromatic heterocycles. The van der Waals surface area contributed by atoms with Gasteiger partial charge in [-0.1, -0.05) is 30.2 Å². The van der Waals surface area contributed by atoms with Crippen molar-refractivity contribution in [3.8, 4) is 0 Å². The molecular formula is C9H12ClNO. The highest BCUT2D eigenvalue weighted by Gasteiger charge is 2.08. The van der Waals surface area contributed by atoms with E-state index >= 15 is 0 Å². The van der Waals surface area contributed by atoms with Gasteiger partial charge in [0.2, 0.25) is 0 Å². The Morgan fingerprint density at radius 1 is 1.50 bits per heavy atom. The Morgan fingerprint density at radius 2 is 2.00 bits per heavy atom. The normalized spacial score (nSPS) is 17.3. The molecule has 0 bridgehead atoms. The van der Waals surface area contributed by atoms with Crippen molar-refractivity contribution < 1.29 is 11.6 Å². The van der Waals surface area contributed by atoms with Gasteiger partial charge in [0, 0.05) is 5.56 Å². The van der Waals surface area contributed by atoms with Crippen LogP contribution in [0, 0.1) is 0 Å². The average molecular weight is 191 g/mol. The van der Waals surface area contributed by atoms with Crippen LogP contribution in [-0.4, -0.2) is 11.8 Å². The van der Waals surface area contributed by atoms with Crippen LogP contribution in [0.2, 0.25) is 0 Å². The molecule has 2 N–H and O–H groups in total. The van der Waals surface area contributed by atoms with Crippen molar-refractivity contribution in [2.45, 2.75) is 13.0 Å². The third-order valence-corrected chi connectivity index (χ3v) is 1.16. The van der Waals surface area contributed by atoms with Crippen LogP contribution in [-0.2, 0) is 0 Å². The summed E-state index contributed by atoms with van der Waals surface area (Å²) in [7, 11) is 0. The van der Waals surface area contributed by atoms with Crippen LogP contribution in [0.15, 0.2) is 30.2 Å². The van der Waals surface area contributed by atoms with Gasteiger partial charge in [-0.25, -0.2) is 0 Å². The van der Waals surface area contributed by atoms with Gasteiger partial charge in [-0.15, -0.1) is 12.4 Å². The van der Waals surface area contributed by atoms with E-state index in [9.17, 15) is 4.79 Å². The van der Waals surface area contributed by atoms with Crippen LogP contribution in [0.5, 0.6) is 0 Å². The Hall–Kier alpha value is -0.860. The van der Waals surface area contributed by atoms with E-state index in [4.69, 9.17) is 12.6 Å². The van der Waals surface area contributed by atoms with Gasteiger partial charge in [-0.2, -0.15) is 0 Å². The second-order valence-electron chi connectivity index (χ2n) is 2.15. The maximum atomic E-state index is 11.6. The highest BCUT2D eigenvalue weighted by atomic mass is 35.5. The number of benzene rings is 1. The third kappa shape index (κ3) is 2.64. The molecule has 3 heteroatoms. The quantitative estimate of drug-likeness (QED) is 0.721. The molecule has 0 spiro atoms. The van der Waals surface area contributed by atoms with E-state index in [1.807, 2.05) is 0 Å². The van der Waals surface area contributed by atoms with Gasteiger partial charge < -0.3 is 5.73 Å². The zero-order valence-corrected chi connectivity index (χ0v) is 7.29. The summed E-state index contributed by atoms with van der Waals surface area (Å²) in [6.07, 6.45) is 0. The summed E-state index contributed by atoms with van der Waals surface area (Å²) in [5.74, 6) is -0.656. The van der Waals surface area contributed by atoms with Crippen LogP contribution in [0.1, 0.15) is 24.1 Å². The van der Waals surface area contributed by atoms with E-state index in [-0.39, 0.29) is 18.0 Å². The van der Waals surface area contributed by atoms with Gasteiger partial charge in [0.25, 0.3) is 0 Å². The first-order valence-electron chi connectivity index (χ1n) is 5.65. The van der Waals surface area contributed by atoms with Crippen molar-refractivity contribution in [2.75, 3.05) is 0 Å². The highest BCUT2D eigenvalue weighted by Crippen LogP contribution is 2.01. The number of ketones is 1. The predicted molar refractivity (Wildman–Crippen MR) is 51.7 cm³/mol. The van der Waals surface area contributed by atoms with Gasteiger partial charge in [-0.05, 0) is 6.92 Å². The first-order valence-corrected chi connectivity index (χ1v) is 3.15.